The van der Waals surface area contributed by atoms with E-state index in [-0.39, 0.29) is 17.5 Å². The highest BCUT2D eigenvalue weighted by Crippen LogP contribution is 2.31. The van der Waals surface area contributed by atoms with Gasteiger partial charge in [-0.2, -0.15) is 0 Å². The summed E-state index contributed by atoms with van der Waals surface area (Å²) in [6, 6.07) is 0. The van der Waals surface area contributed by atoms with Gasteiger partial charge in [0.2, 0.25) is 0 Å². The smallest absolute Gasteiger partial charge is 0.159 e. The van der Waals surface area contributed by atoms with Crippen molar-refractivity contribution in [3.05, 3.63) is 11.6 Å². The number of Topliss-reactive ketones (excluding diaryl/α,β-unsaturated/α-hetero) is 2. The summed E-state index contributed by atoms with van der Waals surface area (Å²) < 4.78 is 0. The van der Waals surface area contributed by atoms with Gasteiger partial charge in [0.15, 0.2) is 5.78 Å². The van der Waals surface area contributed by atoms with E-state index >= 15 is 0 Å². The average Bonchev–Trinajstić information content (AvgIpc) is 2.30. The standard InChI is InChI=1S/C11H14O2/c12-10-6-2-1-4-8-9(10)5-3-7-11(8)13/h4,9H,1-3,5-7H2. The van der Waals surface area contributed by atoms with E-state index in [1.807, 2.05) is 6.08 Å². The highest BCUT2D eigenvalue weighted by atomic mass is 16.1. The predicted octanol–water partition coefficient (Wildman–Crippen LogP) is 2.04. The van der Waals surface area contributed by atoms with Crippen molar-refractivity contribution in [2.24, 2.45) is 5.92 Å². The molecule has 1 saturated carbocycles. The zero-order chi connectivity index (χ0) is 9.26. The maximum absolute atomic E-state index is 11.6. The van der Waals surface area contributed by atoms with Crippen LogP contribution in [-0.4, -0.2) is 11.6 Å². The minimum absolute atomic E-state index is 0.0382. The molecule has 2 aliphatic carbocycles. The molecule has 2 aliphatic rings. The second kappa shape index (κ2) is 3.44. The minimum Gasteiger partial charge on any atom is -0.299 e. The molecule has 0 amide bonds. The lowest BCUT2D eigenvalue weighted by atomic mass is 9.81. The molecular weight excluding hydrogens is 164 g/mol. The number of ketones is 2. The summed E-state index contributed by atoms with van der Waals surface area (Å²) in [4.78, 5) is 23.1. The third kappa shape index (κ3) is 1.58. The van der Waals surface area contributed by atoms with Gasteiger partial charge in [-0.3, -0.25) is 9.59 Å². The normalized spacial score (nSPS) is 29.2. The Labute approximate surface area is 78.0 Å². The maximum atomic E-state index is 11.6. The Bertz CT molecular complexity index is 276. The summed E-state index contributed by atoms with van der Waals surface area (Å²) in [6.07, 6.45) is 6.93. The lowest BCUT2D eigenvalue weighted by Gasteiger charge is -2.21. The summed E-state index contributed by atoms with van der Waals surface area (Å²) in [6.45, 7) is 0. The quantitative estimate of drug-likeness (QED) is 0.568. The third-order valence-electron chi connectivity index (χ3n) is 2.97. The lowest BCUT2D eigenvalue weighted by Crippen LogP contribution is -2.24. The number of rotatable bonds is 0. The van der Waals surface area contributed by atoms with Crippen LogP contribution in [0.1, 0.15) is 38.5 Å². The van der Waals surface area contributed by atoms with E-state index in [4.69, 9.17) is 0 Å². The minimum atomic E-state index is -0.0382. The molecule has 2 rings (SSSR count). The average molecular weight is 178 g/mol. The molecule has 13 heavy (non-hydrogen) atoms. The van der Waals surface area contributed by atoms with Crippen molar-refractivity contribution in [3.8, 4) is 0 Å². The van der Waals surface area contributed by atoms with Crippen LogP contribution < -0.4 is 0 Å². The van der Waals surface area contributed by atoms with Gasteiger partial charge in [-0.1, -0.05) is 6.08 Å². The number of fused-ring (bicyclic) bond motifs is 1. The van der Waals surface area contributed by atoms with Crippen LogP contribution in [0.3, 0.4) is 0 Å². The topological polar surface area (TPSA) is 34.1 Å². The zero-order valence-corrected chi connectivity index (χ0v) is 7.71. The molecule has 0 saturated heterocycles. The fourth-order valence-corrected chi connectivity index (χ4v) is 2.26. The number of allylic oxidation sites excluding steroid dienone is 2. The van der Waals surface area contributed by atoms with Crippen LogP contribution >= 0.6 is 0 Å². The van der Waals surface area contributed by atoms with Gasteiger partial charge >= 0.3 is 0 Å². The summed E-state index contributed by atoms with van der Waals surface area (Å²) in [5.74, 6) is 0.465. The van der Waals surface area contributed by atoms with Gasteiger partial charge < -0.3 is 0 Å². The van der Waals surface area contributed by atoms with Crippen LogP contribution in [0.25, 0.3) is 0 Å². The molecule has 70 valence electrons. The van der Waals surface area contributed by atoms with Crippen LogP contribution in [0, 0.1) is 5.92 Å². The SMILES string of the molecule is O=C1CCCC2C(=O)CCCC=C12. The Kier molecular flexibility index (Phi) is 2.30. The second-order valence-corrected chi connectivity index (χ2v) is 3.89. The highest BCUT2D eigenvalue weighted by Gasteiger charge is 2.31. The van der Waals surface area contributed by atoms with Crippen molar-refractivity contribution >= 4 is 11.6 Å². The fourth-order valence-electron chi connectivity index (χ4n) is 2.26. The lowest BCUT2D eigenvalue weighted by molar-refractivity contribution is -0.125. The Morgan fingerprint density at radius 2 is 2.00 bits per heavy atom. The first-order chi connectivity index (χ1) is 6.29. The van der Waals surface area contributed by atoms with E-state index in [0.29, 0.717) is 12.8 Å². The Morgan fingerprint density at radius 3 is 2.85 bits per heavy atom. The van der Waals surface area contributed by atoms with Crippen molar-refractivity contribution in [2.45, 2.75) is 38.5 Å². The van der Waals surface area contributed by atoms with Gasteiger partial charge in [0.1, 0.15) is 5.78 Å². The van der Waals surface area contributed by atoms with Crippen molar-refractivity contribution in [1.29, 1.82) is 0 Å². The van der Waals surface area contributed by atoms with E-state index in [0.717, 1.165) is 31.3 Å². The van der Waals surface area contributed by atoms with Crippen molar-refractivity contribution < 1.29 is 9.59 Å². The molecule has 0 heterocycles. The van der Waals surface area contributed by atoms with Crippen LogP contribution in [0.4, 0.5) is 0 Å². The summed E-state index contributed by atoms with van der Waals surface area (Å²) in [7, 11) is 0. The van der Waals surface area contributed by atoms with E-state index in [2.05, 4.69) is 0 Å². The molecule has 0 spiro atoms. The van der Waals surface area contributed by atoms with Gasteiger partial charge in [-0.25, -0.2) is 0 Å². The third-order valence-corrected chi connectivity index (χ3v) is 2.97. The van der Waals surface area contributed by atoms with Crippen LogP contribution in [0.2, 0.25) is 0 Å². The van der Waals surface area contributed by atoms with Crippen molar-refractivity contribution in [1.82, 2.24) is 0 Å². The van der Waals surface area contributed by atoms with Gasteiger partial charge in [0.25, 0.3) is 0 Å². The van der Waals surface area contributed by atoms with Crippen LogP contribution in [0.15, 0.2) is 11.6 Å². The first kappa shape index (κ1) is 8.67. The number of hydrogen-bond acceptors (Lipinski definition) is 2. The Balaban J connectivity index is 2.28. The molecule has 2 nitrogen and oxygen atoms in total. The highest BCUT2D eigenvalue weighted by molar-refractivity contribution is 6.03. The molecule has 0 aromatic heterocycles. The number of carbonyl (C=O) groups is 2. The van der Waals surface area contributed by atoms with E-state index in [1.54, 1.807) is 0 Å². The van der Waals surface area contributed by atoms with Gasteiger partial charge in [0, 0.05) is 24.3 Å². The molecule has 0 aromatic carbocycles. The predicted molar refractivity (Wildman–Crippen MR) is 49.3 cm³/mol. The molecule has 1 unspecified atom stereocenters. The van der Waals surface area contributed by atoms with Crippen LogP contribution in [-0.2, 0) is 9.59 Å². The molecular formula is C11H14O2. The maximum Gasteiger partial charge on any atom is 0.159 e. The molecule has 1 atom stereocenters. The number of hydrogen-bond donors (Lipinski definition) is 0. The summed E-state index contributed by atoms with van der Waals surface area (Å²) in [5, 5.41) is 0. The van der Waals surface area contributed by atoms with Gasteiger partial charge in [-0.15, -0.1) is 0 Å². The van der Waals surface area contributed by atoms with E-state index in [1.165, 1.54) is 0 Å². The Morgan fingerprint density at radius 1 is 1.15 bits per heavy atom. The molecule has 0 radical (unpaired) electrons. The first-order valence-corrected chi connectivity index (χ1v) is 5.05. The molecule has 0 bridgehead atoms. The molecule has 0 aromatic rings. The molecule has 1 fully saturated rings. The monoisotopic (exact) mass is 178 g/mol. The van der Waals surface area contributed by atoms with E-state index < -0.39 is 0 Å². The van der Waals surface area contributed by atoms with Crippen LogP contribution in [0.5, 0.6) is 0 Å². The van der Waals surface area contributed by atoms with Gasteiger partial charge in [-0.05, 0) is 25.7 Å². The Hall–Kier alpha value is -0.920. The second-order valence-electron chi connectivity index (χ2n) is 3.89. The zero-order valence-electron chi connectivity index (χ0n) is 7.71. The molecule has 0 N–H and O–H groups in total. The number of carbonyl (C=O) groups excluding carboxylic acids is 2. The summed E-state index contributed by atoms with van der Waals surface area (Å²) in [5.41, 5.74) is 0.828. The van der Waals surface area contributed by atoms with E-state index in [9.17, 15) is 9.59 Å². The summed E-state index contributed by atoms with van der Waals surface area (Å²) >= 11 is 0. The fraction of sp³-hybridized carbons (Fsp3) is 0.636. The van der Waals surface area contributed by atoms with Gasteiger partial charge in [0.05, 0.1) is 0 Å². The largest absolute Gasteiger partial charge is 0.299 e. The molecule has 0 aliphatic heterocycles. The van der Waals surface area contributed by atoms with Crippen molar-refractivity contribution in [2.75, 3.05) is 0 Å². The molecule has 2 heteroatoms. The first-order valence-electron chi connectivity index (χ1n) is 5.05. The van der Waals surface area contributed by atoms with Crippen molar-refractivity contribution in [3.63, 3.8) is 0 Å².